The number of rotatable bonds is 5. The molecule has 0 saturated carbocycles. The Kier molecular flexibility index (Phi) is 5.81. The molecule has 0 aromatic carbocycles. The van der Waals surface area contributed by atoms with Crippen LogP contribution >= 0.6 is 0 Å². The summed E-state index contributed by atoms with van der Waals surface area (Å²) in [5.74, 6) is 0.353. The van der Waals surface area contributed by atoms with E-state index in [2.05, 4.69) is 18.3 Å². The molecule has 11 heavy (non-hydrogen) atoms. The largest absolute Gasteiger partial charge is 0.395 e. The second-order valence-electron chi connectivity index (χ2n) is 2.67. The van der Waals surface area contributed by atoms with Crippen molar-refractivity contribution in [1.82, 2.24) is 5.32 Å². The van der Waals surface area contributed by atoms with Gasteiger partial charge in [0.25, 0.3) is 0 Å². The molecule has 3 nitrogen and oxygen atoms in total. The van der Waals surface area contributed by atoms with E-state index in [0.29, 0.717) is 12.5 Å². The van der Waals surface area contributed by atoms with Gasteiger partial charge in [-0.2, -0.15) is 5.26 Å². The Labute approximate surface area is 68.0 Å². The fraction of sp³-hybridized carbons (Fsp3) is 0.875. The van der Waals surface area contributed by atoms with Crippen LogP contribution in [0.2, 0.25) is 0 Å². The molecule has 0 spiro atoms. The molecule has 0 aliphatic carbocycles. The Bertz CT molecular complexity index is 131. The summed E-state index contributed by atoms with van der Waals surface area (Å²) in [6, 6.07) is 2.05. The van der Waals surface area contributed by atoms with Gasteiger partial charge in [-0.3, -0.25) is 5.32 Å². The molecule has 64 valence electrons. The van der Waals surface area contributed by atoms with Gasteiger partial charge in [0.15, 0.2) is 0 Å². The van der Waals surface area contributed by atoms with E-state index >= 15 is 0 Å². The summed E-state index contributed by atoms with van der Waals surface area (Å²) >= 11 is 0. The van der Waals surface area contributed by atoms with Crippen LogP contribution in [0.4, 0.5) is 0 Å². The lowest BCUT2D eigenvalue weighted by Crippen LogP contribution is -2.35. The normalized spacial score (nSPS) is 15.5. The number of hydrogen-bond donors (Lipinski definition) is 2. The molecule has 0 aliphatic heterocycles. The predicted octanol–water partition coefficient (Wildman–Crippen LogP) is 0.507. The van der Waals surface area contributed by atoms with Crippen molar-refractivity contribution >= 4 is 0 Å². The molecule has 0 radical (unpaired) electrons. The summed E-state index contributed by atoms with van der Waals surface area (Å²) in [6.07, 6.45) is 0.983. The highest BCUT2D eigenvalue weighted by Crippen LogP contribution is 2.05. The zero-order chi connectivity index (χ0) is 8.69. The minimum atomic E-state index is -0.118. The monoisotopic (exact) mass is 156 g/mol. The summed E-state index contributed by atoms with van der Waals surface area (Å²) in [4.78, 5) is 0. The summed E-state index contributed by atoms with van der Waals surface area (Å²) in [6.45, 7) is 4.67. The molecule has 2 N–H and O–H groups in total. The fourth-order valence-corrected chi connectivity index (χ4v) is 0.830. The summed E-state index contributed by atoms with van der Waals surface area (Å²) in [5, 5.41) is 20.1. The van der Waals surface area contributed by atoms with Crippen molar-refractivity contribution in [2.24, 2.45) is 5.92 Å². The lowest BCUT2D eigenvalue weighted by molar-refractivity contribution is 0.280. The molecule has 0 aromatic rings. The SMILES string of the molecule is CCC(C)C(C#N)NCCO. The molecule has 0 heterocycles. The Morgan fingerprint density at radius 2 is 2.27 bits per heavy atom. The highest BCUT2D eigenvalue weighted by molar-refractivity contribution is 4.92. The molecule has 2 atom stereocenters. The topological polar surface area (TPSA) is 56.0 Å². The molecular formula is C8H16N2O. The fourth-order valence-electron chi connectivity index (χ4n) is 0.830. The third kappa shape index (κ3) is 3.97. The van der Waals surface area contributed by atoms with E-state index in [1.54, 1.807) is 0 Å². The van der Waals surface area contributed by atoms with Crippen molar-refractivity contribution in [3.8, 4) is 6.07 Å². The van der Waals surface area contributed by atoms with Gasteiger partial charge in [-0.25, -0.2) is 0 Å². The zero-order valence-electron chi connectivity index (χ0n) is 7.17. The second-order valence-corrected chi connectivity index (χ2v) is 2.67. The van der Waals surface area contributed by atoms with Crippen LogP contribution in [0.1, 0.15) is 20.3 Å². The minimum absolute atomic E-state index is 0.0919. The summed E-state index contributed by atoms with van der Waals surface area (Å²) in [5.41, 5.74) is 0. The van der Waals surface area contributed by atoms with E-state index in [0.717, 1.165) is 6.42 Å². The molecule has 0 saturated heterocycles. The van der Waals surface area contributed by atoms with Crippen molar-refractivity contribution < 1.29 is 5.11 Å². The maximum absolute atomic E-state index is 8.66. The number of aliphatic hydroxyl groups is 1. The number of nitrogens with one attached hydrogen (secondary N) is 1. The molecular weight excluding hydrogens is 140 g/mol. The van der Waals surface area contributed by atoms with Crippen molar-refractivity contribution in [2.45, 2.75) is 26.3 Å². The van der Waals surface area contributed by atoms with Crippen molar-refractivity contribution in [1.29, 1.82) is 5.26 Å². The predicted molar refractivity (Wildman–Crippen MR) is 43.9 cm³/mol. The smallest absolute Gasteiger partial charge is 0.0979 e. The average molecular weight is 156 g/mol. The van der Waals surface area contributed by atoms with Gasteiger partial charge in [-0.1, -0.05) is 20.3 Å². The van der Waals surface area contributed by atoms with Gasteiger partial charge in [0, 0.05) is 6.54 Å². The van der Waals surface area contributed by atoms with E-state index in [1.807, 2.05) is 6.92 Å². The first-order chi connectivity index (χ1) is 5.26. The Morgan fingerprint density at radius 3 is 2.64 bits per heavy atom. The standard InChI is InChI=1S/C8H16N2O/c1-3-7(2)8(6-9)10-4-5-11/h7-8,10-11H,3-5H2,1-2H3. The molecule has 0 fully saturated rings. The number of nitrogens with zero attached hydrogens (tertiary/aromatic N) is 1. The molecule has 2 unspecified atom stereocenters. The third-order valence-corrected chi connectivity index (χ3v) is 1.83. The van der Waals surface area contributed by atoms with Crippen LogP contribution in [0.15, 0.2) is 0 Å². The average Bonchev–Trinajstić information content (AvgIpc) is 2.05. The number of aliphatic hydroxyl groups excluding tert-OH is 1. The maximum Gasteiger partial charge on any atom is 0.0979 e. The second kappa shape index (κ2) is 6.14. The Morgan fingerprint density at radius 1 is 1.64 bits per heavy atom. The van der Waals surface area contributed by atoms with Crippen molar-refractivity contribution in [2.75, 3.05) is 13.2 Å². The van der Waals surface area contributed by atoms with Crippen LogP contribution in [0.3, 0.4) is 0 Å². The van der Waals surface area contributed by atoms with Gasteiger partial charge in [-0.05, 0) is 5.92 Å². The highest BCUT2D eigenvalue weighted by atomic mass is 16.3. The van der Waals surface area contributed by atoms with Crippen molar-refractivity contribution in [3.63, 3.8) is 0 Å². The van der Waals surface area contributed by atoms with Gasteiger partial charge in [0.05, 0.1) is 18.7 Å². The van der Waals surface area contributed by atoms with E-state index < -0.39 is 0 Å². The zero-order valence-corrected chi connectivity index (χ0v) is 7.17. The summed E-state index contributed by atoms with van der Waals surface area (Å²) < 4.78 is 0. The van der Waals surface area contributed by atoms with Crippen LogP contribution in [0, 0.1) is 17.2 Å². The van der Waals surface area contributed by atoms with E-state index in [4.69, 9.17) is 10.4 Å². The molecule has 3 heteroatoms. The van der Waals surface area contributed by atoms with Gasteiger partial charge in [-0.15, -0.1) is 0 Å². The first-order valence-corrected chi connectivity index (χ1v) is 4.00. The van der Waals surface area contributed by atoms with E-state index in [1.165, 1.54) is 0 Å². The van der Waals surface area contributed by atoms with Crippen LogP contribution in [-0.4, -0.2) is 24.3 Å². The number of hydrogen-bond acceptors (Lipinski definition) is 3. The van der Waals surface area contributed by atoms with Crippen LogP contribution in [0.25, 0.3) is 0 Å². The molecule has 0 aliphatic rings. The van der Waals surface area contributed by atoms with Gasteiger partial charge in [0.2, 0.25) is 0 Å². The van der Waals surface area contributed by atoms with Gasteiger partial charge >= 0.3 is 0 Å². The first kappa shape index (κ1) is 10.4. The lowest BCUT2D eigenvalue weighted by atomic mass is 10.0. The first-order valence-electron chi connectivity index (χ1n) is 4.00. The van der Waals surface area contributed by atoms with E-state index in [-0.39, 0.29) is 12.6 Å². The minimum Gasteiger partial charge on any atom is -0.395 e. The van der Waals surface area contributed by atoms with Crippen molar-refractivity contribution in [3.05, 3.63) is 0 Å². The van der Waals surface area contributed by atoms with E-state index in [9.17, 15) is 0 Å². The number of nitriles is 1. The van der Waals surface area contributed by atoms with Gasteiger partial charge in [0.1, 0.15) is 0 Å². The third-order valence-electron chi connectivity index (χ3n) is 1.83. The maximum atomic E-state index is 8.66. The van der Waals surface area contributed by atoms with Crippen LogP contribution in [-0.2, 0) is 0 Å². The molecule has 0 aromatic heterocycles. The highest BCUT2D eigenvalue weighted by Gasteiger charge is 2.12. The Balaban J connectivity index is 3.68. The van der Waals surface area contributed by atoms with Gasteiger partial charge < -0.3 is 5.11 Å². The summed E-state index contributed by atoms with van der Waals surface area (Å²) in [7, 11) is 0. The molecule has 0 amide bonds. The lowest BCUT2D eigenvalue weighted by Gasteiger charge is -2.16. The van der Waals surface area contributed by atoms with Crippen LogP contribution in [0.5, 0.6) is 0 Å². The quantitative estimate of drug-likeness (QED) is 0.609. The Hall–Kier alpha value is -0.590. The van der Waals surface area contributed by atoms with Crippen LogP contribution < -0.4 is 5.32 Å². The molecule has 0 rings (SSSR count). The molecule has 0 bridgehead atoms.